The van der Waals surface area contributed by atoms with Gasteiger partial charge < -0.3 is 4.52 Å². The molecule has 1 aromatic heterocycles. The Morgan fingerprint density at radius 3 is 2.62 bits per heavy atom. The van der Waals surface area contributed by atoms with Gasteiger partial charge in [-0.2, -0.15) is 0 Å². The van der Waals surface area contributed by atoms with Crippen molar-refractivity contribution in [1.29, 1.82) is 0 Å². The van der Waals surface area contributed by atoms with Crippen LogP contribution in [0.3, 0.4) is 0 Å². The van der Waals surface area contributed by atoms with E-state index in [0.717, 1.165) is 12.8 Å². The van der Waals surface area contributed by atoms with E-state index in [1.165, 1.54) is 0 Å². The van der Waals surface area contributed by atoms with Crippen LogP contribution in [0.5, 0.6) is 0 Å². The smallest absolute Gasteiger partial charge is 0.243 e. The molecule has 1 aliphatic carbocycles. The van der Waals surface area contributed by atoms with Gasteiger partial charge in [-0.1, -0.05) is 5.16 Å². The fourth-order valence-corrected chi connectivity index (χ4v) is 2.28. The van der Waals surface area contributed by atoms with Crippen LogP contribution in [-0.4, -0.2) is 13.6 Å². The summed E-state index contributed by atoms with van der Waals surface area (Å²) in [4.78, 5) is 0.0787. The maximum absolute atomic E-state index is 11.1. The molecule has 1 saturated carbocycles. The van der Waals surface area contributed by atoms with E-state index in [1.54, 1.807) is 6.92 Å². The molecular weight excluding hydrogens is 192 g/mol. The van der Waals surface area contributed by atoms with Crippen molar-refractivity contribution in [3.05, 3.63) is 11.5 Å². The number of hydrogen-bond donors (Lipinski definition) is 1. The first-order valence-electron chi connectivity index (χ1n) is 3.99. The second kappa shape index (κ2) is 2.55. The standard InChI is InChI=1S/C7H10N2O3S/c1-4-7(13(8,10)11)6(9-12-4)5-2-3-5/h5H,2-3H2,1H3,(H2,8,10,11). The van der Waals surface area contributed by atoms with E-state index in [2.05, 4.69) is 5.16 Å². The van der Waals surface area contributed by atoms with Gasteiger partial charge in [-0.3, -0.25) is 0 Å². The number of aromatic nitrogens is 1. The summed E-state index contributed by atoms with van der Waals surface area (Å²) in [7, 11) is -3.68. The molecule has 72 valence electrons. The summed E-state index contributed by atoms with van der Waals surface area (Å²) in [5.74, 6) is 0.509. The Labute approximate surface area is 76.0 Å². The number of nitrogens with zero attached hydrogens (tertiary/aromatic N) is 1. The molecular formula is C7H10N2O3S. The summed E-state index contributed by atoms with van der Waals surface area (Å²) in [6.07, 6.45) is 1.93. The summed E-state index contributed by atoms with van der Waals surface area (Å²) in [5.41, 5.74) is 0.500. The van der Waals surface area contributed by atoms with Crippen molar-refractivity contribution >= 4 is 10.0 Å². The number of rotatable bonds is 2. The van der Waals surface area contributed by atoms with E-state index < -0.39 is 10.0 Å². The average Bonchev–Trinajstić information content (AvgIpc) is 2.73. The van der Waals surface area contributed by atoms with Crippen LogP contribution in [0, 0.1) is 6.92 Å². The van der Waals surface area contributed by atoms with Gasteiger partial charge in [0.2, 0.25) is 10.0 Å². The molecule has 2 rings (SSSR count). The molecule has 0 amide bonds. The first-order valence-corrected chi connectivity index (χ1v) is 5.53. The highest BCUT2D eigenvalue weighted by Gasteiger charge is 2.34. The van der Waals surface area contributed by atoms with E-state index in [4.69, 9.17) is 9.66 Å². The Kier molecular flexibility index (Phi) is 1.71. The normalized spacial score (nSPS) is 17.7. The predicted molar refractivity (Wildman–Crippen MR) is 44.6 cm³/mol. The molecule has 0 saturated heterocycles. The van der Waals surface area contributed by atoms with Gasteiger partial charge in [0.1, 0.15) is 10.6 Å². The Morgan fingerprint density at radius 2 is 2.15 bits per heavy atom. The second-order valence-electron chi connectivity index (χ2n) is 3.27. The fraction of sp³-hybridized carbons (Fsp3) is 0.571. The lowest BCUT2D eigenvalue weighted by atomic mass is 10.3. The van der Waals surface area contributed by atoms with Crippen LogP contribution in [-0.2, 0) is 10.0 Å². The third-order valence-electron chi connectivity index (χ3n) is 2.08. The highest BCUT2D eigenvalue weighted by atomic mass is 32.2. The molecule has 5 nitrogen and oxygen atoms in total. The van der Waals surface area contributed by atoms with Crippen LogP contribution in [0.4, 0.5) is 0 Å². The number of aryl methyl sites for hydroxylation is 1. The van der Waals surface area contributed by atoms with Crippen LogP contribution in [0.1, 0.15) is 30.2 Å². The monoisotopic (exact) mass is 202 g/mol. The van der Waals surface area contributed by atoms with Crippen molar-refractivity contribution < 1.29 is 12.9 Å². The minimum atomic E-state index is -3.68. The van der Waals surface area contributed by atoms with E-state index in [-0.39, 0.29) is 16.6 Å². The molecule has 1 fully saturated rings. The van der Waals surface area contributed by atoms with Crippen molar-refractivity contribution in [2.45, 2.75) is 30.6 Å². The molecule has 0 atom stereocenters. The van der Waals surface area contributed by atoms with Crippen LogP contribution < -0.4 is 5.14 Å². The van der Waals surface area contributed by atoms with Crippen molar-refractivity contribution in [3.8, 4) is 0 Å². The number of primary sulfonamides is 1. The van der Waals surface area contributed by atoms with Gasteiger partial charge in [0.15, 0.2) is 5.76 Å². The number of nitrogens with two attached hydrogens (primary N) is 1. The molecule has 1 aliphatic rings. The van der Waals surface area contributed by atoms with Gasteiger partial charge in [-0.25, -0.2) is 13.6 Å². The Morgan fingerprint density at radius 1 is 1.54 bits per heavy atom. The van der Waals surface area contributed by atoms with Crippen LogP contribution in [0.2, 0.25) is 0 Å². The lowest BCUT2D eigenvalue weighted by Crippen LogP contribution is -2.14. The molecule has 0 radical (unpaired) electrons. The zero-order valence-electron chi connectivity index (χ0n) is 7.15. The molecule has 0 aliphatic heterocycles. The predicted octanol–water partition coefficient (Wildman–Crippen LogP) is 0.508. The van der Waals surface area contributed by atoms with Crippen molar-refractivity contribution in [3.63, 3.8) is 0 Å². The van der Waals surface area contributed by atoms with Crippen LogP contribution in [0.25, 0.3) is 0 Å². The summed E-state index contributed by atoms with van der Waals surface area (Å²) in [5, 5.41) is 8.75. The number of hydrogen-bond acceptors (Lipinski definition) is 4. The largest absolute Gasteiger partial charge is 0.360 e. The van der Waals surface area contributed by atoms with Gasteiger partial charge in [0.25, 0.3) is 0 Å². The second-order valence-corrected chi connectivity index (χ2v) is 4.77. The molecule has 2 N–H and O–H groups in total. The zero-order valence-corrected chi connectivity index (χ0v) is 7.97. The summed E-state index contributed by atoms with van der Waals surface area (Å²) in [6.45, 7) is 1.55. The average molecular weight is 202 g/mol. The quantitative estimate of drug-likeness (QED) is 0.756. The lowest BCUT2D eigenvalue weighted by molar-refractivity contribution is 0.388. The van der Waals surface area contributed by atoms with Crippen molar-refractivity contribution in [2.24, 2.45) is 5.14 Å². The topological polar surface area (TPSA) is 86.2 Å². The summed E-state index contributed by atoms with van der Waals surface area (Å²) < 4.78 is 27.1. The lowest BCUT2D eigenvalue weighted by Gasteiger charge is -1.96. The molecule has 13 heavy (non-hydrogen) atoms. The van der Waals surface area contributed by atoms with Gasteiger partial charge in [-0.15, -0.1) is 0 Å². The van der Waals surface area contributed by atoms with E-state index in [0.29, 0.717) is 5.69 Å². The maximum Gasteiger partial charge on any atom is 0.243 e. The first kappa shape index (κ1) is 8.71. The molecule has 0 aromatic carbocycles. The highest BCUT2D eigenvalue weighted by molar-refractivity contribution is 7.89. The third-order valence-corrected chi connectivity index (χ3v) is 3.15. The zero-order chi connectivity index (χ0) is 9.64. The SMILES string of the molecule is Cc1onc(C2CC2)c1S(N)(=O)=O. The molecule has 1 aromatic rings. The summed E-state index contributed by atoms with van der Waals surface area (Å²) in [6, 6.07) is 0. The Balaban J connectivity index is 2.59. The van der Waals surface area contributed by atoms with Gasteiger partial charge in [0.05, 0.1) is 0 Å². The third kappa shape index (κ3) is 1.47. The van der Waals surface area contributed by atoms with E-state index >= 15 is 0 Å². The maximum atomic E-state index is 11.1. The van der Waals surface area contributed by atoms with Gasteiger partial charge in [-0.05, 0) is 19.8 Å². The van der Waals surface area contributed by atoms with Crippen molar-refractivity contribution in [1.82, 2.24) is 5.16 Å². The Hall–Kier alpha value is -0.880. The first-order chi connectivity index (χ1) is 6.00. The van der Waals surface area contributed by atoms with Crippen LogP contribution in [0.15, 0.2) is 9.42 Å². The Bertz CT molecular complexity index is 431. The number of sulfonamides is 1. The minimum absolute atomic E-state index is 0.0787. The molecule has 1 heterocycles. The summed E-state index contributed by atoms with van der Waals surface area (Å²) >= 11 is 0. The minimum Gasteiger partial charge on any atom is -0.360 e. The molecule has 0 spiro atoms. The highest BCUT2D eigenvalue weighted by Crippen LogP contribution is 2.42. The fourth-order valence-electron chi connectivity index (χ4n) is 1.34. The van der Waals surface area contributed by atoms with Gasteiger partial charge in [0, 0.05) is 5.92 Å². The molecule has 0 bridgehead atoms. The van der Waals surface area contributed by atoms with Gasteiger partial charge >= 0.3 is 0 Å². The van der Waals surface area contributed by atoms with E-state index in [1.807, 2.05) is 0 Å². The van der Waals surface area contributed by atoms with Crippen molar-refractivity contribution in [2.75, 3.05) is 0 Å². The molecule has 6 heteroatoms. The van der Waals surface area contributed by atoms with E-state index in [9.17, 15) is 8.42 Å². The van der Waals surface area contributed by atoms with Crippen LogP contribution >= 0.6 is 0 Å². The molecule has 0 unspecified atom stereocenters.